The van der Waals surface area contributed by atoms with Gasteiger partial charge < -0.3 is 30.2 Å². The van der Waals surface area contributed by atoms with E-state index in [1.54, 1.807) is 35.2 Å². The minimum absolute atomic E-state index is 0. The molecule has 0 N–H and O–H groups in total. The number of carbonyl (C=O) groups is 4. The molecular weight excluding hydrogens is 719 g/mol. The third kappa shape index (κ3) is 24.1. The van der Waals surface area contributed by atoms with Crippen molar-refractivity contribution >= 4 is 36.6 Å². The standard InChI is InChI=1S/C16H23N3O3.C13H23NO4.C5H6N2.C4H8O.CH4S.Li.H/c1-16(2,3)22-15(21)19-8-5-12(6-9-19)14(20)10-13-4-7-17-11-18-13;1-5-17-11(15)10-6-8-14(9-7-10)12(16)18-13(2,3)4;1-5-2-3-6-4-7-5;1-2-4-5-3-1;1-2;;/h4,7,11-12H,5-6,8-10H2,1-3H3;10H,5-9H2,1-4H3;2-4H,1H3;1-4H2;2H,1H3;;/q;;;;;+1;-1/i;;;;1D;;. The Morgan fingerprint density at radius 3 is 1.62 bits per heavy atom. The van der Waals surface area contributed by atoms with Crippen LogP contribution in [-0.4, -0.2) is 117 Å². The Kier molecular flexibility index (Phi) is 25.5. The summed E-state index contributed by atoms with van der Waals surface area (Å²) in [6.45, 7) is 19.5. The van der Waals surface area contributed by atoms with Crippen molar-refractivity contribution in [3.05, 3.63) is 48.6 Å². The fourth-order valence-electron chi connectivity index (χ4n) is 5.21. The van der Waals surface area contributed by atoms with E-state index in [4.69, 9.17) is 20.3 Å². The number of esters is 1. The van der Waals surface area contributed by atoms with Crippen molar-refractivity contribution in [1.82, 2.24) is 29.7 Å². The Morgan fingerprint density at radius 2 is 1.29 bits per heavy atom. The van der Waals surface area contributed by atoms with Gasteiger partial charge in [-0.05, 0) is 112 Å². The topological polar surface area (TPSA) is 163 Å². The van der Waals surface area contributed by atoms with Gasteiger partial charge in [-0.15, -0.1) is 0 Å². The summed E-state index contributed by atoms with van der Waals surface area (Å²) >= 11 is 3.46. The number of amides is 2. The van der Waals surface area contributed by atoms with Gasteiger partial charge in [0.1, 0.15) is 29.6 Å². The first kappa shape index (κ1) is 49.8. The summed E-state index contributed by atoms with van der Waals surface area (Å²) in [5.41, 5.74) is 0.788. The summed E-state index contributed by atoms with van der Waals surface area (Å²) in [4.78, 5) is 66.5. The van der Waals surface area contributed by atoms with Crippen LogP contribution in [0.25, 0.3) is 0 Å². The van der Waals surface area contributed by atoms with Crippen LogP contribution in [0.5, 0.6) is 0 Å². The van der Waals surface area contributed by atoms with Gasteiger partial charge in [-0.1, -0.05) is 0 Å². The number of piperidine rings is 2. The molecule has 3 fully saturated rings. The molecule has 0 aliphatic carbocycles. The van der Waals surface area contributed by atoms with Crippen LogP contribution in [0.3, 0.4) is 0 Å². The molecule has 0 radical (unpaired) electrons. The molecule has 0 saturated carbocycles. The molecule has 0 atom stereocenters. The molecule has 3 aliphatic heterocycles. The van der Waals surface area contributed by atoms with E-state index in [-0.39, 0.29) is 62.3 Å². The number of thiol groups is 1. The normalized spacial score (nSPS) is 15.9. The van der Waals surface area contributed by atoms with Crippen LogP contribution in [0.15, 0.2) is 37.2 Å². The zero-order valence-electron chi connectivity index (χ0n) is 36.6. The zero-order chi connectivity index (χ0) is 41.3. The minimum atomic E-state index is -0.489. The molecule has 5 rings (SSSR count). The fourth-order valence-corrected chi connectivity index (χ4v) is 5.21. The molecule has 0 unspecified atom stereocenters. The van der Waals surface area contributed by atoms with E-state index in [2.05, 4.69) is 32.6 Å². The second-order valence-corrected chi connectivity index (χ2v) is 14.7. The van der Waals surface area contributed by atoms with E-state index in [0.29, 0.717) is 64.9 Å². The maximum atomic E-state index is 12.3. The van der Waals surface area contributed by atoms with Crippen molar-refractivity contribution in [1.29, 1.82) is 0 Å². The molecule has 5 heterocycles. The van der Waals surface area contributed by atoms with Crippen molar-refractivity contribution in [3.63, 3.8) is 0 Å². The molecule has 0 aromatic carbocycles. The molecular formula is C39H65LiN6O8S. The maximum absolute atomic E-state index is 12.3. The summed E-state index contributed by atoms with van der Waals surface area (Å²) < 4.78 is 26.6. The van der Waals surface area contributed by atoms with Crippen LogP contribution in [0.2, 0.25) is 0 Å². The summed E-state index contributed by atoms with van der Waals surface area (Å²) in [6.07, 6.45) is 11.5. The number of nitrogens with zero attached hydrogens (tertiary/aromatic N) is 6. The number of Topliss-reactive ketones (excluding diaryl/α,β-unsaturated/α-hetero) is 1. The Hall–Kier alpha value is -3.25. The van der Waals surface area contributed by atoms with Crippen LogP contribution in [0.4, 0.5) is 9.59 Å². The predicted octanol–water partition coefficient (Wildman–Crippen LogP) is 3.68. The van der Waals surface area contributed by atoms with Crippen LogP contribution in [-0.2, 0) is 35.0 Å². The predicted molar refractivity (Wildman–Crippen MR) is 211 cm³/mol. The van der Waals surface area contributed by atoms with Gasteiger partial charge in [0, 0.05) is 71.2 Å². The Balaban J connectivity index is 0. The van der Waals surface area contributed by atoms with E-state index in [1.165, 1.54) is 25.5 Å². The van der Waals surface area contributed by atoms with E-state index < -0.39 is 11.2 Å². The first-order chi connectivity index (χ1) is 26.0. The number of ether oxygens (including phenoxy) is 4. The van der Waals surface area contributed by atoms with E-state index >= 15 is 0 Å². The largest absolute Gasteiger partial charge is 1.00 e. The quantitative estimate of drug-likeness (QED) is 0.203. The maximum Gasteiger partial charge on any atom is 1.00 e. The smallest absolute Gasteiger partial charge is 1.00 e. The molecule has 2 aromatic rings. The number of rotatable bonds is 5. The number of hydrogen-bond donors (Lipinski definition) is 1. The summed E-state index contributed by atoms with van der Waals surface area (Å²) in [5, 5.41) is 0. The SMILES string of the molecule is C1CCOC1.CC(C)(C)OC(=O)N1CCC(C(=O)Cc2ccncn2)CC1.CCOC(=O)C1CCN(C(=O)OC(C)(C)C)CC1.Cc1ccncn1.[2H]CS.[H-].[Li+]. The van der Waals surface area contributed by atoms with Crippen molar-refractivity contribution < 1.29 is 59.8 Å². The molecule has 16 heteroatoms. The number of carbonyl (C=O) groups excluding carboxylic acids is 4. The van der Waals surface area contributed by atoms with Crippen molar-refractivity contribution in [2.75, 3.05) is 52.2 Å². The Morgan fingerprint density at radius 1 is 0.836 bits per heavy atom. The number of hydrogen-bond acceptors (Lipinski definition) is 13. The van der Waals surface area contributed by atoms with Gasteiger partial charge in [0.25, 0.3) is 0 Å². The van der Waals surface area contributed by atoms with Gasteiger partial charge >= 0.3 is 37.0 Å². The van der Waals surface area contributed by atoms with Gasteiger partial charge in [0.05, 0.1) is 18.2 Å². The number of aryl methyl sites for hydroxylation is 1. The second kappa shape index (κ2) is 28.2. The van der Waals surface area contributed by atoms with Gasteiger partial charge in [0.2, 0.25) is 0 Å². The van der Waals surface area contributed by atoms with E-state index in [0.717, 1.165) is 24.6 Å². The molecule has 0 spiro atoms. The molecule has 3 saturated heterocycles. The molecule has 55 heavy (non-hydrogen) atoms. The van der Waals surface area contributed by atoms with Crippen molar-refractivity contribution in [3.8, 4) is 0 Å². The van der Waals surface area contributed by atoms with Crippen LogP contribution >= 0.6 is 12.6 Å². The molecule has 306 valence electrons. The first-order valence-electron chi connectivity index (χ1n) is 19.3. The van der Waals surface area contributed by atoms with E-state index in [1.807, 2.05) is 54.5 Å². The van der Waals surface area contributed by atoms with Crippen LogP contribution in [0, 0.1) is 18.8 Å². The fraction of sp³-hybridized carbons (Fsp3) is 0.692. The average molecular weight is 786 g/mol. The number of likely N-dealkylation sites (tertiary alicyclic amines) is 2. The van der Waals surface area contributed by atoms with Crippen molar-refractivity contribution in [2.45, 2.75) is 112 Å². The van der Waals surface area contributed by atoms with Crippen LogP contribution in [0.1, 0.15) is 101 Å². The average Bonchev–Trinajstić information content (AvgIpc) is 3.73. The van der Waals surface area contributed by atoms with Gasteiger partial charge in [-0.25, -0.2) is 29.5 Å². The van der Waals surface area contributed by atoms with Crippen LogP contribution < -0.4 is 18.9 Å². The summed E-state index contributed by atoms with van der Waals surface area (Å²) in [6, 6.07) is 3.62. The number of aromatic nitrogens is 4. The Bertz CT molecular complexity index is 1370. The van der Waals surface area contributed by atoms with Gasteiger partial charge in [0.15, 0.2) is 0 Å². The van der Waals surface area contributed by atoms with Gasteiger partial charge in [-0.3, -0.25) is 9.59 Å². The van der Waals surface area contributed by atoms with Gasteiger partial charge in [-0.2, -0.15) is 12.6 Å². The third-order valence-electron chi connectivity index (χ3n) is 7.92. The number of ketones is 1. The summed E-state index contributed by atoms with van der Waals surface area (Å²) in [7, 11) is 0. The molecule has 14 nitrogen and oxygen atoms in total. The molecule has 2 aromatic heterocycles. The van der Waals surface area contributed by atoms with E-state index in [9.17, 15) is 19.2 Å². The minimum Gasteiger partial charge on any atom is -1.00 e. The Labute approximate surface area is 349 Å². The second-order valence-electron chi connectivity index (χ2n) is 14.7. The summed E-state index contributed by atoms with van der Waals surface area (Å²) in [5.74, 6) is -0.0545. The molecule has 3 aliphatic rings. The molecule has 0 bridgehead atoms. The molecule has 2 amide bonds. The third-order valence-corrected chi connectivity index (χ3v) is 7.92. The first-order valence-corrected chi connectivity index (χ1v) is 19.2. The zero-order valence-corrected chi connectivity index (χ0v) is 35.5. The monoisotopic (exact) mass is 785 g/mol. The van der Waals surface area contributed by atoms with Crippen molar-refractivity contribution in [2.24, 2.45) is 11.8 Å².